The van der Waals surface area contributed by atoms with E-state index < -0.39 is 12.1 Å². The molecule has 1 fully saturated rings. The molecule has 0 unspecified atom stereocenters. The molecule has 1 N–H and O–H groups in total. The number of carboxylic acids is 1. The van der Waals surface area contributed by atoms with Crippen LogP contribution in [0.2, 0.25) is 0 Å². The van der Waals surface area contributed by atoms with Crippen LogP contribution in [0.3, 0.4) is 0 Å². The minimum absolute atomic E-state index is 0.0153. The van der Waals surface area contributed by atoms with Crippen LogP contribution >= 0.6 is 11.3 Å². The second-order valence-electron chi connectivity index (χ2n) is 9.04. The summed E-state index contributed by atoms with van der Waals surface area (Å²) in [6.07, 6.45) is 3.23. The van der Waals surface area contributed by atoms with Crippen LogP contribution < -0.4 is 4.90 Å². The standard InChI is InChI=1S/C26H26N2O4S/c1-26(12-6-7-13-26)28(24-27-17(16-33-24)14-23(29)30)25(31)32-15-22-20-10-4-2-8-18(20)19-9-3-5-11-21(19)22/h2-5,8-11,16,22H,6-7,12-15H2,1H3,(H,29,30). The number of rotatable bonds is 6. The van der Waals surface area contributed by atoms with Crippen LogP contribution in [0.15, 0.2) is 53.9 Å². The van der Waals surface area contributed by atoms with Gasteiger partial charge in [-0.05, 0) is 42.0 Å². The summed E-state index contributed by atoms with van der Waals surface area (Å²) >= 11 is 1.30. The molecule has 1 saturated carbocycles. The van der Waals surface area contributed by atoms with E-state index in [4.69, 9.17) is 9.84 Å². The van der Waals surface area contributed by atoms with E-state index in [2.05, 4.69) is 36.2 Å². The summed E-state index contributed by atoms with van der Waals surface area (Å²) in [5, 5.41) is 11.3. The third-order valence-corrected chi connectivity index (χ3v) is 7.68. The number of benzene rings is 2. The van der Waals surface area contributed by atoms with Gasteiger partial charge in [-0.25, -0.2) is 14.7 Å². The average Bonchev–Trinajstić information content (AvgIpc) is 3.51. The van der Waals surface area contributed by atoms with Crippen LogP contribution in [0.5, 0.6) is 0 Å². The Bertz CT molecular complexity index is 1150. The van der Waals surface area contributed by atoms with Crippen molar-refractivity contribution in [1.29, 1.82) is 0 Å². The maximum Gasteiger partial charge on any atom is 0.416 e. The zero-order valence-corrected chi connectivity index (χ0v) is 19.3. The SMILES string of the molecule is CC1(N(C(=O)OCC2c3ccccc3-c3ccccc32)c2nc(CC(=O)O)cs2)CCCC1. The van der Waals surface area contributed by atoms with Crippen molar-refractivity contribution in [1.82, 2.24) is 4.98 Å². The third kappa shape index (κ3) is 4.02. The summed E-state index contributed by atoms with van der Waals surface area (Å²) in [5.74, 6) is -0.954. The maximum atomic E-state index is 13.5. The fraction of sp³-hybridized carbons (Fsp3) is 0.346. The van der Waals surface area contributed by atoms with Crippen LogP contribution in [0.25, 0.3) is 11.1 Å². The van der Waals surface area contributed by atoms with Crippen molar-refractivity contribution in [2.45, 2.75) is 50.5 Å². The van der Waals surface area contributed by atoms with E-state index >= 15 is 0 Å². The van der Waals surface area contributed by atoms with Crippen LogP contribution in [-0.4, -0.2) is 34.3 Å². The number of hydrogen-bond acceptors (Lipinski definition) is 5. The lowest BCUT2D eigenvalue weighted by Gasteiger charge is -2.36. The van der Waals surface area contributed by atoms with Gasteiger partial charge in [0.2, 0.25) is 0 Å². The summed E-state index contributed by atoms with van der Waals surface area (Å²) in [7, 11) is 0. The predicted octanol–water partition coefficient (Wildman–Crippen LogP) is 5.86. The number of aliphatic carboxylic acids is 1. The molecular weight excluding hydrogens is 436 g/mol. The van der Waals surface area contributed by atoms with Crippen LogP contribution in [0.1, 0.15) is 55.3 Å². The largest absolute Gasteiger partial charge is 0.481 e. The first-order valence-corrected chi connectivity index (χ1v) is 12.2. The van der Waals surface area contributed by atoms with Crippen LogP contribution in [-0.2, 0) is 16.0 Å². The zero-order chi connectivity index (χ0) is 23.0. The minimum Gasteiger partial charge on any atom is -0.481 e. The van der Waals surface area contributed by atoms with Crippen molar-refractivity contribution in [3.05, 3.63) is 70.7 Å². The van der Waals surface area contributed by atoms with Crippen molar-refractivity contribution < 1.29 is 19.4 Å². The summed E-state index contributed by atoms with van der Waals surface area (Å²) in [6, 6.07) is 16.5. The Labute approximate surface area is 196 Å². The molecule has 170 valence electrons. The summed E-state index contributed by atoms with van der Waals surface area (Å²) in [6.45, 7) is 2.31. The summed E-state index contributed by atoms with van der Waals surface area (Å²) in [4.78, 5) is 30.8. The quantitative estimate of drug-likeness (QED) is 0.496. The van der Waals surface area contributed by atoms with Crippen molar-refractivity contribution >= 4 is 28.5 Å². The van der Waals surface area contributed by atoms with Crippen molar-refractivity contribution in [3.8, 4) is 11.1 Å². The van der Waals surface area contributed by atoms with Gasteiger partial charge >= 0.3 is 12.1 Å². The van der Waals surface area contributed by atoms with Gasteiger partial charge < -0.3 is 9.84 Å². The lowest BCUT2D eigenvalue weighted by Crippen LogP contribution is -2.49. The molecule has 0 bridgehead atoms. The molecule has 6 nitrogen and oxygen atoms in total. The lowest BCUT2D eigenvalue weighted by atomic mass is 9.98. The molecule has 33 heavy (non-hydrogen) atoms. The Hall–Kier alpha value is -3.19. The number of ether oxygens (including phenoxy) is 1. The molecule has 2 aliphatic rings. The Morgan fingerprint density at radius 1 is 1.09 bits per heavy atom. The van der Waals surface area contributed by atoms with E-state index in [-0.39, 0.29) is 24.5 Å². The van der Waals surface area contributed by atoms with Gasteiger partial charge in [0.05, 0.1) is 17.7 Å². The van der Waals surface area contributed by atoms with Crippen molar-refractivity contribution in [3.63, 3.8) is 0 Å². The van der Waals surface area contributed by atoms with Gasteiger partial charge in [-0.3, -0.25) is 4.79 Å². The third-order valence-electron chi connectivity index (χ3n) is 6.80. The van der Waals surface area contributed by atoms with E-state index in [9.17, 15) is 9.59 Å². The van der Waals surface area contributed by atoms with Crippen LogP contribution in [0.4, 0.5) is 9.93 Å². The fourth-order valence-electron chi connectivity index (χ4n) is 5.18. The smallest absolute Gasteiger partial charge is 0.416 e. The van der Waals surface area contributed by atoms with E-state index in [1.165, 1.54) is 33.6 Å². The van der Waals surface area contributed by atoms with E-state index in [0.717, 1.165) is 25.7 Å². The van der Waals surface area contributed by atoms with E-state index in [0.29, 0.717) is 10.8 Å². The number of carboxylic acid groups (broad SMARTS) is 1. The second-order valence-corrected chi connectivity index (χ2v) is 9.87. The van der Waals surface area contributed by atoms with Gasteiger partial charge in [-0.2, -0.15) is 0 Å². The van der Waals surface area contributed by atoms with Gasteiger partial charge in [0, 0.05) is 11.3 Å². The maximum absolute atomic E-state index is 13.5. The van der Waals surface area contributed by atoms with Crippen molar-refractivity contribution in [2.24, 2.45) is 0 Å². The highest BCUT2D eigenvalue weighted by Gasteiger charge is 2.42. The molecular formula is C26H26N2O4S. The number of aromatic nitrogens is 1. The van der Waals surface area contributed by atoms with Crippen LogP contribution in [0, 0.1) is 0 Å². The van der Waals surface area contributed by atoms with E-state index in [1.54, 1.807) is 10.3 Å². The number of carbonyl (C=O) groups excluding carboxylic acids is 1. The molecule has 5 rings (SSSR count). The zero-order valence-electron chi connectivity index (χ0n) is 18.5. The molecule has 0 spiro atoms. The summed E-state index contributed by atoms with van der Waals surface area (Å²) < 4.78 is 5.96. The number of hydrogen-bond donors (Lipinski definition) is 1. The molecule has 0 atom stereocenters. The highest BCUT2D eigenvalue weighted by Crippen LogP contribution is 2.45. The van der Waals surface area contributed by atoms with Gasteiger partial charge in [0.1, 0.15) is 6.61 Å². The minimum atomic E-state index is -0.938. The molecule has 7 heteroatoms. The molecule has 1 amide bonds. The predicted molar refractivity (Wildman–Crippen MR) is 128 cm³/mol. The molecule has 0 saturated heterocycles. The highest BCUT2D eigenvalue weighted by molar-refractivity contribution is 7.14. The Morgan fingerprint density at radius 2 is 1.70 bits per heavy atom. The number of nitrogens with zero attached hydrogens (tertiary/aromatic N) is 2. The molecule has 0 aliphatic heterocycles. The normalized spacial score (nSPS) is 16.3. The van der Waals surface area contributed by atoms with Gasteiger partial charge in [-0.15, -0.1) is 11.3 Å². The Kier molecular flexibility index (Phi) is 5.66. The second kappa shape index (κ2) is 8.63. The summed E-state index contributed by atoms with van der Waals surface area (Å²) in [5.41, 5.74) is 4.78. The van der Waals surface area contributed by atoms with Gasteiger partial charge in [0.25, 0.3) is 0 Å². The molecule has 2 aliphatic carbocycles. The molecule has 2 aromatic carbocycles. The number of amides is 1. The molecule has 1 heterocycles. The molecule has 0 radical (unpaired) electrons. The first kappa shape index (κ1) is 21.6. The Morgan fingerprint density at radius 3 is 2.30 bits per heavy atom. The Balaban J connectivity index is 1.41. The first-order valence-electron chi connectivity index (χ1n) is 11.3. The molecule has 1 aromatic heterocycles. The van der Waals surface area contributed by atoms with E-state index in [1.807, 2.05) is 24.3 Å². The lowest BCUT2D eigenvalue weighted by molar-refractivity contribution is -0.136. The number of fused-ring (bicyclic) bond motifs is 3. The topological polar surface area (TPSA) is 79.7 Å². The monoisotopic (exact) mass is 462 g/mol. The van der Waals surface area contributed by atoms with Gasteiger partial charge in [-0.1, -0.05) is 61.4 Å². The average molecular weight is 463 g/mol. The fourth-order valence-corrected chi connectivity index (χ4v) is 6.13. The number of carbonyl (C=O) groups is 2. The molecule has 3 aromatic rings. The number of anilines is 1. The van der Waals surface area contributed by atoms with Crippen molar-refractivity contribution in [2.75, 3.05) is 11.5 Å². The highest BCUT2D eigenvalue weighted by atomic mass is 32.1. The number of thiazole rings is 1. The first-order chi connectivity index (χ1) is 16.0. The van der Waals surface area contributed by atoms with Gasteiger partial charge in [0.15, 0.2) is 5.13 Å².